The van der Waals surface area contributed by atoms with Crippen molar-refractivity contribution in [2.45, 2.75) is 13.3 Å². The van der Waals surface area contributed by atoms with Crippen molar-refractivity contribution in [2.24, 2.45) is 5.92 Å². The molecule has 1 aromatic carbocycles. The van der Waals surface area contributed by atoms with Crippen LogP contribution in [0.2, 0.25) is 0 Å². The Hall–Kier alpha value is -1.26. The summed E-state index contributed by atoms with van der Waals surface area (Å²) in [7, 11) is 0. The third kappa shape index (κ3) is 3.78. The van der Waals surface area contributed by atoms with Crippen molar-refractivity contribution in [2.75, 3.05) is 6.61 Å². The molecule has 0 radical (unpaired) electrons. The summed E-state index contributed by atoms with van der Waals surface area (Å²) in [5, 5.41) is 8.67. The first-order valence-corrected chi connectivity index (χ1v) is 4.50. The molecule has 1 rings (SSSR count). The van der Waals surface area contributed by atoms with Crippen LogP contribution in [0.3, 0.4) is 0 Å². The van der Waals surface area contributed by atoms with E-state index in [-0.39, 0.29) is 12.5 Å². The van der Waals surface area contributed by atoms with Gasteiger partial charge in [0.1, 0.15) is 0 Å². The molecule has 1 atom stereocenters. The van der Waals surface area contributed by atoms with E-state index in [1.165, 1.54) is 0 Å². The second-order valence-corrected chi connectivity index (χ2v) is 3.05. The summed E-state index contributed by atoms with van der Waals surface area (Å²) in [5.41, 5.74) is 1.03. The average molecular weight is 174 g/mol. The van der Waals surface area contributed by atoms with Gasteiger partial charge in [-0.15, -0.1) is 0 Å². The highest BCUT2D eigenvalue weighted by molar-refractivity contribution is 5.33. The highest BCUT2D eigenvalue weighted by Gasteiger charge is 1.93. The lowest BCUT2D eigenvalue weighted by molar-refractivity contribution is 0.276. The van der Waals surface area contributed by atoms with Crippen molar-refractivity contribution in [1.29, 1.82) is 0 Å². The van der Waals surface area contributed by atoms with Crippen molar-refractivity contribution >= 4 is 0 Å². The predicted octanol–water partition coefficient (Wildman–Crippen LogP) is 2.06. The Morgan fingerprint density at radius 1 is 1.31 bits per heavy atom. The van der Waals surface area contributed by atoms with Crippen molar-refractivity contribution in [3.8, 4) is 11.8 Å². The first-order chi connectivity index (χ1) is 6.33. The minimum Gasteiger partial charge on any atom is -0.396 e. The molecule has 0 aliphatic heterocycles. The van der Waals surface area contributed by atoms with Crippen LogP contribution in [0.5, 0.6) is 0 Å². The molecule has 0 spiro atoms. The van der Waals surface area contributed by atoms with Crippen molar-refractivity contribution in [1.82, 2.24) is 0 Å². The van der Waals surface area contributed by atoms with Gasteiger partial charge in [0.25, 0.3) is 0 Å². The molecule has 1 N–H and O–H groups in total. The van der Waals surface area contributed by atoms with E-state index in [0.29, 0.717) is 0 Å². The van der Waals surface area contributed by atoms with Gasteiger partial charge in [-0.3, -0.25) is 0 Å². The van der Waals surface area contributed by atoms with E-state index < -0.39 is 0 Å². The molecule has 1 aromatic rings. The third-order valence-electron chi connectivity index (χ3n) is 1.80. The Kier molecular flexibility index (Phi) is 4.08. The fourth-order valence-electron chi connectivity index (χ4n) is 0.994. The summed E-state index contributed by atoms with van der Waals surface area (Å²) < 4.78 is 0. The highest BCUT2D eigenvalue weighted by atomic mass is 16.2. The number of rotatable bonds is 2. The second-order valence-electron chi connectivity index (χ2n) is 3.05. The molecule has 0 saturated heterocycles. The molecular weight excluding hydrogens is 160 g/mol. The number of hydrogen-bond donors (Lipinski definition) is 1. The third-order valence-corrected chi connectivity index (χ3v) is 1.80. The lowest BCUT2D eigenvalue weighted by Gasteiger charge is -1.97. The van der Waals surface area contributed by atoms with Crippen LogP contribution in [-0.2, 0) is 0 Å². The molecule has 1 heteroatoms. The van der Waals surface area contributed by atoms with Crippen molar-refractivity contribution < 1.29 is 5.11 Å². The summed E-state index contributed by atoms with van der Waals surface area (Å²) in [6.45, 7) is 2.23. The second kappa shape index (κ2) is 5.40. The van der Waals surface area contributed by atoms with E-state index in [9.17, 15) is 0 Å². The predicted molar refractivity (Wildman–Crippen MR) is 54.2 cm³/mol. The molecule has 0 aromatic heterocycles. The maximum absolute atomic E-state index is 8.67. The summed E-state index contributed by atoms with van der Waals surface area (Å²) in [5.74, 6) is 6.43. The molecule has 0 unspecified atom stereocenters. The molecule has 0 amide bonds. The van der Waals surface area contributed by atoms with E-state index >= 15 is 0 Å². The Balaban J connectivity index is 2.57. The molecule has 0 aliphatic carbocycles. The summed E-state index contributed by atoms with van der Waals surface area (Å²) >= 11 is 0. The van der Waals surface area contributed by atoms with Crippen LogP contribution in [0, 0.1) is 17.8 Å². The van der Waals surface area contributed by atoms with E-state index in [4.69, 9.17) is 5.11 Å². The lowest BCUT2D eigenvalue weighted by Crippen LogP contribution is -1.93. The molecule has 0 heterocycles. The smallest absolute Gasteiger partial charge is 0.0442 e. The van der Waals surface area contributed by atoms with E-state index in [1.807, 2.05) is 37.3 Å². The Bertz CT molecular complexity index is 292. The van der Waals surface area contributed by atoms with Gasteiger partial charge < -0.3 is 5.11 Å². The normalized spacial score (nSPS) is 11.5. The SMILES string of the molecule is C[C@H](C#Cc1ccccc1)CCO. The average Bonchev–Trinajstić information content (AvgIpc) is 2.17. The summed E-state index contributed by atoms with van der Waals surface area (Å²) in [6, 6.07) is 9.89. The number of aliphatic hydroxyl groups excluding tert-OH is 1. The topological polar surface area (TPSA) is 20.2 Å². The Morgan fingerprint density at radius 3 is 2.62 bits per heavy atom. The molecule has 68 valence electrons. The van der Waals surface area contributed by atoms with Gasteiger partial charge in [0, 0.05) is 18.1 Å². The van der Waals surface area contributed by atoms with Crippen LogP contribution in [0.15, 0.2) is 30.3 Å². The van der Waals surface area contributed by atoms with Gasteiger partial charge in [-0.1, -0.05) is 37.0 Å². The summed E-state index contributed by atoms with van der Waals surface area (Å²) in [6.07, 6.45) is 0.750. The first-order valence-electron chi connectivity index (χ1n) is 4.50. The Labute approximate surface area is 79.4 Å². The van der Waals surface area contributed by atoms with Gasteiger partial charge in [0.15, 0.2) is 0 Å². The van der Waals surface area contributed by atoms with Crippen LogP contribution in [0.4, 0.5) is 0 Å². The van der Waals surface area contributed by atoms with E-state index in [2.05, 4.69) is 11.8 Å². The first kappa shape index (κ1) is 9.83. The van der Waals surface area contributed by atoms with E-state index in [0.717, 1.165) is 12.0 Å². The van der Waals surface area contributed by atoms with Crippen LogP contribution in [0.1, 0.15) is 18.9 Å². The molecule has 13 heavy (non-hydrogen) atoms. The molecule has 0 fully saturated rings. The summed E-state index contributed by atoms with van der Waals surface area (Å²) in [4.78, 5) is 0. The number of aliphatic hydroxyl groups is 1. The standard InChI is InChI=1S/C12H14O/c1-11(9-10-13)7-8-12-5-3-2-4-6-12/h2-6,11,13H,9-10H2,1H3/t11-/m1/s1. The quantitative estimate of drug-likeness (QED) is 0.680. The van der Waals surface area contributed by atoms with Gasteiger partial charge in [-0.05, 0) is 18.6 Å². The van der Waals surface area contributed by atoms with Crippen LogP contribution < -0.4 is 0 Å². The monoisotopic (exact) mass is 174 g/mol. The lowest BCUT2D eigenvalue weighted by atomic mass is 10.1. The zero-order valence-electron chi connectivity index (χ0n) is 7.83. The van der Waals surface area contributed by atoms with Crippen molar-refractivity contribution in [3.63, 3.8) is 0 Å². The molecule has 0 saturated carbocycles. The van der Waals surface area contributed by atoms with Crippen LogP contribution in [0.25, 0.3) is 0 Å². The van der Waals surface area contributed by atoms with Gasteiger partial charge in [0.2, 0.25) is 0 Å². The fourth-order valence-corrected chi connectivity index (χ4v) is 0.994. The zero-order valence-corrected chi connectivity index (χ0v) is 7.83. The molecule has 0 bridgehead atoms. The molecular formula is C12H14O. The largest absolute Gasteiger partial charge is 0.396 e. The maximum atomic E-state index is 8.67. The number of benzene rings is 1. The zero-order chi connectivity index (χ0) is 9.52. The minimum atomic E-state index is 0.213. The van der Waals surface area contributed by atoms with Crippen LogP contribution in [-0.4, -0.2) is 11.7 Å². The highest BCUT2D eigenvalue weighted by Crippen LogP contribution is 2.00. The molecule has 0 aliphatic rings. The number of hydrogen-bond acceptors (Lipinski definition) is 1. The van der Waals surface area contributed by atoms with Gasteiger partial charge >= 0.3 is 0 Å². The van der Waals surface area contributed by atoms with Crippen LogP contribution >= 0.6 is 0 Å². The molecule has 1 nitrogen and oxygen atoms in total. The van der Waals surface area contributed by atoms with E-state index in [1.54, 1.807) is 0 Å². The maximum Gasteiger partial charge on any atom is 0.0442 e. The Morgan fingerprint density at radius 2 is 2.00 bits per heavy atom. The van der Waals surface area contributed by atoms with Crippen molar-refractivity contribution in [3.05, 3.63) is 35.9 Å². The van der Waals surface area contributed by atoms with Gasteiger partial charge in [0.05, 0.1) is 0 Å². The fraction of sp³-hybridized carbons (Fsp3) is 0.333. The van der Waals surface area contributed by atoms with Gasteiger partial charge in [-0.2, -0.15) is 0 Å². The minimum absolute atomic E-state index is 0.213. The van der Waals surface area contributed by atoms with Gasteiger partial charge in [-0.25, -0.2) is 0 Å².